The Kier molecular flexibility index (Phi) is 8.32. The summed E-state index contributed by atoms with van der Waals surface area (Å²) in [4.78, 5) is 0. The van der Waals surface area contributed by atoms with Crippen LogP contribution in [0.5, 0.6) is 5.75 Å². The summed E-state index contributed by atoms with van der Waals surface area (Å²) in [6.07, 6.45) is 1.05. The van der Waals surface area contributed by atoms with E-state index in [9.17, 15) is 0 Å². The molecule has 24 heavy (non-hydrogen) atoms. The Labute approximate surface area is 144 Å². The van der Waals surface area contributed by atoms with Crippen LogP contribution in [0.25, 0.3) is 0 Å². The third kappa shape index (κ3) is 7.13. The zero-order chi connectivity index (χ0) is 17.0. The fourth-order valence-electron chi connectivity index (χ4n) is 2.49. The maximum absolute atomic E-state index is 8.68. The molecule has 4 nitrogen and oxygen atoms in total. The quantitative estimate of drug-likeness (QED) is 0.555. The van der Waals surface area contributed by atoms with E-state index in [1.807, 2.05) is 12.1 Å². The highest BCUT2D eigenvalue weighted by molar-refractivity contribution is 5.29. The Morgan fingerprint density at radius 2 is 1.71 bits per heavy atom. The van der Waals surface area contributed by atoms with Gasteiger partial charge in [-0.25, -0.2) is 0 Å². The van der Waals surface area contributed by atoms with Crippen LogP contribution in [-0.2, 0) is 13.2 Å². The number of rotatable bonds is 11. The van der Waals surface area contributed by atoms with E-state index in [-0.39, 0.29) is 6.61 Å². The maximum Gasteiger partial charge on any atom is 0.120 e. The molecule has 0 bridgehead atoms. The summed E-state index contributed by atoms with van der Waals surface area (Å²) >= 11 is 0. The molecule has 2 aromatic rings. The molecule has 130 valence electrons. The maximum atomic E-state index is 8.68. The number of ether oxygens (including phenoxy) is 1. The summed E-state index contributed by atoms with van der Waals surface area (Å²) in [5.74, 6) is 0.903. The SMILES string of the molecule is Cc1cccc(COc2cccc(CNCCCNCCO)c2)c1. The van der Waals surface area contributed by atoms with Crippen LogP contribution >= 0.6 is 0 Å². The summed E-state index contributed by atoms with van der Waals surface area (Å²) in [5.41, 5.74) is 3.66. The molecule has 0 aliphatic carbocycles. The summed E-state index contributed by atoms with van der Waals surface area (Å²) in [6.45, 7) is 6.26. The van der Waals surface area contributed by atoms with Gasteiger partial charge in [-0.1, -0.05) is 42.0 Å². The van der Waals surface area contributed by atoms with Gasteiger partial charge in [-0.3, -0.25) is 0 Å². The Balaban J connectivity index is 1.71. The van der Waals surface area contributed by atoms with Crippen LogP contribution in [0.3, 0.4) is 0 Å². The fourth-order valence-corrected chi connectivity index (χ4v) is 2.49. The van der Waals surface area contributed by atoms with E-state index >= 15 is 0 Å². The second kappa shape index (κ2) is 10.8. The lowest BCUT2D eigenvalue weighted by Gasteiger charge is -2.10. The van der Waals surface area contributed by atoms with Crippen molar-refractivity contribution in [3.05, 3.63) is 65.2 Å². The van der Waals surface area contributed by atoms with Crippen LogP contribution in [0.4, 0.5) is 0 Å². The Morgan fingerprint density at radius 1 is 0.917 bits per heavy atom. The van der Waals surface area contributed by atoms with Crippen LogP contribution in [0.2, 0.25) is 0 Å². The van der Waals surface area contributed by atoms with E-state index in [1.54, 1.807) is 0 Å². The molecule has 0 atom stereocenters. The van der Waals surface area contributed by atoms with Crippen LogP contribution in [0.1, 0.15) is 23.1 Å². The summed E-state index contributed by atoms with van der Waals surface area (Å²) in [5, 5.41) is 15.3. The number of hydrogen-bond acceptors (Lipinski definition) is 4. The van der Waals surface area contributed by atoms with Crippen LogP contribution in [0, 0.1) is 6.92 Å². The Hall–Kier alpha value is -1.88. The molecular weight excluding hydrogens is 300 g/mol. The first-order valence-corrected chi connectivity index (χ1v) is 8.57. The van der Waals surface area contributed by atoms with Gasteiger partial charge in [-0.15, -0.1) is 0 Å². The molecule has 4 heteroatoms. The van der Waals surface area contributed by atoms with Gasteiger partial charge in [0.25, 0.3) is 0 Å². The molecule has 0 heterocycles. The predicted molar refractivity (Wildman–Crippen MR) is 98.2 cm³/mol. The molecule has 0 aromatic heterocycles. The van der Waals surface area contributed by atoms with Gasteiger partial charge in [-0.2, -0.15) is 0 Å². The molecule has 0 aliphatic rings. The van der Waals surface area contributed by atoms with Crippen molar-refractivity contribution < 1.29 is 9.84 Å². The van der Waals surface area contributed by atoms with Gasteiger partial charge >= 0.3 is 0 Å². The molecule has 0 amide bonds. The average molecular weight is 328 g/mol. The number of aliphatic hydroxyl groups is 1. The first kappa shape index (κ1) is 18.5. The van der Waals surface area contributed by atoms with E-state index in [0.717, 1.165) is 31.8 Å². The van der Waals surface area contributed by atoms with Crippen molar-refractivity contribution in [1.82, 2.24) is 10.6 Å². The van der Waals surface area contributed by atoms with E-state index in [1.165, 1.54) is 16.7 Å². The van der Waals surface area contributed by atoms with Gasteiger partial charge in [0.1, 0.15) is 12.4 Å². The van der Waals surface area contributed by atoms with Crippen molar-refractivity contribution in [3.63, 3.8) is 0 Å². The third-order valence-electron chi connectivity index (χ3n) is 3.71. The number of nitrogens with one attached hydrogen (secondary N) is 2. The number of aryl methyl sites for hydroxylation is 1. The highest BCUT2D eigenvalue weighted by atomic mass is 16.5. The van der Waals surface area contributed by atoms with Gasteiger partial charge in [0, 0.05) is 13.1 Å². The first-order chi connectivity index (χ1) is 11.8. The lowest BCUT2D eigenvalue weighted by atomic mass is 10.1. The molecule has 2 rings (SSSR count). The minimum atomic E-state index is 0.197. The Bertz CT molecular complexity index is 602. The van der Waals surface area contributed by atoms with Crippen molar-refractivity contribution in [1.29, 1.82) is 0 Å². The topological polar surface area (TPSA) is 53.5 Å². The molecule has 0 radical (unpaired) electrons. The van der Waals surface area contributed by atoms with Crippen molar-refractivity contribution in [2.75, 3.05) is 26.2 Å². The van der Waals surface area contributed by atoms with E-state index in [2.05, 4.69) is 54.0 Å². The van der Waals surface area contributed by atoms with Gasteiger partial charge in [0.2, 0.25) is 0 Å². The molecule has 0 fully saturated rings. The molecular formula is C20H28N2O2. The average Bonchev–Trinajstić information content (AvgIpc) is 2.60. The lowest BCUT2D eigenvalue weighted by molar-refractivity contribution is 0.292. The van der Waals surface area contributed by atoms with Crippen molar-refractivity contribution >= 4 is 0 Å². The van der Waals surface area contributed by atoms with Gasteiger partial charge in [0.05, 0.1) is 6.61 Å². The zero-order valence-electron chi connectivity index (χ0n) is 14.4. The summed E-state index contributed by atoms with van der Waals surface area (Å²) < 4.78 is 5.90. The van der Waals surface area contributed by atoms with E-state index < -0.39 is 0 Å². The second-order valence-corrected chi connectivity index (χ2v) is 5.93. The van der Waals surface area contributed by atoms with Gasteiger partial charge in [0.15, 0.2) is 0 Å². The number of aliphatic hydroxyl groups excluding tert-OH is 1. The highest BCUT2D eigenvalue weighted by Crippen LogP contribution is 2.15. The molecule has 0 aliphatic heterocycles. The standard InChI is InChI=1S/C20H28N2O2/c1-17-5-2-7-19(13-17)16-24-20-8-3-6-18(14-20)15-22-10-4-9-21-11-12-23/h2-3,5-8,13-14,21-23H,4,9-12,15-16H2,1H3. The molecule has 2 aromatic carbocycles. The zero-order valence-corrected chi connectivity index (χ0v) is 14.4. The summed E-state index contributed by atoms with van der Waals surface area (Å²) in [6, 6.07) is 16.6. The number of benzene rings is 2. The molecule has 0 unspecified atom stereocenters. The van der Waals surface area contributed by atoms with Crippen molar-refractivity contribution in [2.45, 2.75) is 26.5 Å². The van der Waals surface area contributed by atoms with E-state index in [4.69, 9.17) is 9.84 Å². The van der Waals surface area contributed by atoms with E-state index in [0.29, 0.717) is 13.2 Å². The number of hydrogen-bond donors (Lipinski definition) is 3. The van der Waals surface area contributed by atoms with Crippen LogP contribution in [0.15, 0.2) is 48.5 Å². The minimum absolute atomic E-state index is 0.197. The molecule has 0 saturated heterocycles. The second-order valence-electron chi connectivity index (χ2n) is 5.93. The fraction of sp³-hybridized carbons (Fsp3) is 0.400. The van der Waals surface area contributed by atoms with Gasteiger partial charge < -0.3 is 20.5 Å². The largest absolute Gasteiger partial charge is 0.489 e. The van der Waals surface area contributed by atoms with Crippen molar-refractivity contribution in [2.24, 2.45) is 0 Å². The molecule has 3 N–H and O–H groups in total. The normalized spacial score (nSPS) is 10.8. The first-order valence-electron chi connectivity index (χ1n) is 8.57. The lowest BCUT2D eigenvalue weighted by Crippen LogP contribution is -2.23. The van der Waals surface area contributed by atoms with Crippen LogP contribution in [-0.4, -0.2) is 31.3 Å². The smallest absolute Gasteiger partial charge is 0.120 e. The third-order valence-corrected chi connectivity index (χ3v) is 3.71. The summed E-state index contributed by atoms with van der Waals surface area (Å²) in [7, 11) is 0. The molecule has 0 spiro atoms. The predicted octanol–water partition coefficient (Wildman–Crippen LogP) is 2.64. The Morgan fingerprint density at radius 3 is 2.54 bits per heavy atom. The monoisotopic (exact) mass is 328 g/mol. The van der Waals surface area contributed by atoms with Gasteiger partial charge in [-0.05, 0) is 49.7 Å². The van der Waals surface area contributed by atoms with Crippen LogP contribution < -0.4 is 15.4 Å². The highest BCUT2D eigenvalue weighted by Gasteiger charge is 1.99. The molecule has 0 saturated carbocycles. The minimum Gasteiger partial charge on any atom is -0.489 e. The van der Waals surface area contributed by atoms with Crippen molar-refractivity contribution in [3.8, 4) is 5.75 Å².